The van der Waals surface area contributed by atoms with Gasteiger partial charge in [0.25, 0.3) is 0 Å². The Morgan fingerprint density at radius 3 is 3.11 bits per heavy atom. The van der Waals surface area contributed by atoms with E-state index in [1.54, 1.807) is 6.07 Å². The predicted octanol–water partition coefficient (Wildman–Crippen LogP) is 2.33. The summed E-state index contributed by atoms with van der Waals surface area (Å²) in [6.07, 6.45) is 2.26. The molecule has 18 heavy (non-hydrogen) atoms. The van der Waals surface area contributed by atoms with Crippen molar-refractivity contribution >= 4 is 5.71 Å². The molecule has 1 aliphatic heterocycles. The van der Waals surface area contributed by atoms with Crippen LogP contribution in [0.4, 0.5) is 0 Å². The van der Waals surface area contributed by atoms with Gasteiger partial charge < -0.3 is 14.7 Å². The summed E-state index contributed by atoms with van der Waals surface area (Å²) in [6, 6.07) is 7.53. The van der Waals surface area contributed by atoms with Crippen molar-refractivity contribution in [3.8, 4) is 17.6 Å². The summed E-state index contributed by atoms with van der Waals surface area (Å²) >= 11 is 0. The quantitative estimate of drug-likeness (QED) is 0.491. The molecule has 0 amide bonds. The van der Waals surface area contributed by atoms with Crippen LogP contribution in [0.2, 0.25) is 0 Å². The summed E-state index contributed by atoms with van der Waals surface area (Å²) in [5.74, 6) is 1.40. The van der Waals surface area contributed by atoms with Crippen molar-refractivity contribution in [1.82, 2.24) is 0 Å². The van der Waals surface area contributed by atoms with Gasteiger partial charge >= 0.3 is 0 Å². The first-order chi connectivity index (χ1) is 8.85. The van der Waals surface area contributed by atoms with Gasteiger partial charge in [0, 0.05) is 18.1 Å². The first kappa shape index (κ1) is 12.2. The molecule has 0 spiro atoms. The van der Waals surface area contributed by atoms with Crippen molar-refractivity contribution in [1.29, 1.82) is 5.26 Å². The van der Waals surface area contributed by atoms with E-state index in [1.165, 1.54) is 0 Å². The number of unbranched alkanes of at least 4 members (excludes halogenated alkanes) is 2. The highest BCUT2D eigenvalue weighted by atomic mass is 16.5. The standard InChI is InChI=1S/C13H14N2O3/c14-6-2-1-3-7-17-10-4-5-11-12(15-16)9-18-13(11)8-10/h4-5,8,16H,1-3,7,9H2. The SMILES string of the molecule is N#CCCCCOc1ccc2c(c1)OCC2=NO. The summed E-state index contributed by atoms with van der Waals surface area (Å²) in [6.45, 7) is 0.874. The van der Waals surface area contributed by atoms with Gasteiger partial charge in [-0.05, 0) is 25.0 Å². The number of hydrogen-bond acceptors (Lipinski definition) is 5. The molecule has 0 unspecified atom stereocenters. The van der Waals surface area contributed by atoms with Crippen molar-refractivity contribution in [3.63, 3.8) is 0 Å². The van der Waals surface area contributed by atoms with Gasteiger partial charge in [0.1, 0.15) is 23.8 Å². The molecule has 1 N–H and O–H groups in total. The second-order valence-electron chi connectivity index (χ2n) is 3.96. The van der Waals surface area contributed by atoms with E-state index in [0.29, 0.717) is 24.5 Å². The molecule has 0 atom stereocenters. The minimum Gasteiger partial charge on any atom is -0.493 e. The molecule has 94 valence electrons. The Bertz CT molecular complexity index is 491. The summed E-state index contributed by atoms with van der Waals surface area (Å²) in [7, 11) is 0. The van der Waals surface area contributed by atoms with Crippen LogP contribution in [0.3, 0.4) is 0 Å². The fourth-order valence-electron chi connectivity index (χ4n) is 1.75. The maximum absolute atomic E-state index is 8.76. The van der Waals surface area contributed by atoms with Gasteiger partial charge in [-0.3, -0.25) is 0 Å². The van der Waals surface area contributed by atoms with Crippen LogP contribution in [0.5, 0.6) is 11.5 Å². The first-order valence-corrected chi connectivity index (χ1v) is 5.83. The smallest absolute Gasteiger partial charge is 0.134 e. The lowest BCUT2D eigenvalue weighted by atomic mass is 10.1. The zero-order valence-electron chi connectivity index (χ0n) is 9.93. The highest BCUT2D eigenvalue weighted by molar-refractivity contribution is 6.05. The average Bonchev–Trinajstić information content (AvgIpc) is 2.80. The van der Waals surface area contributed by atoms with E-state index in [9.17, 15) is 0 Å². The van der Waals surface area contributed by atoms with E-state index in [0.717, 1.165) is 24.2 Å². The van der Waals surface area contributed by atoms with Gasteiger partial charge in [0.2, 0.25) is 0 Å². The van der Waals surface area contributed by atoms with Crippen LogP contribution in [0, 0.1) is 11.3 Å². The Hall–Kier alpha value is -2.22. The minimum absolute atomic E-state index is 0.289. The van der Waals surface area contributed by atoms with Crippen LogP contribution in [0.25, 0.3) is 0 Å². The molecule has 1 heterocycles. The molecular formula is C13H14N2O3. The van der Waals surface area contributed by atoms with Crippen LogP contribution in [-0.4, -0.2) is 24.1 Å². The fourth-order valence-corrected chi connectivity index (χ4v) is 1.75. The Labute approximate surface area is 105 Å². The highest BCUT2D eigenvalue weighted by Gasteiger charge is 2.20. The molecule has 0 saturated carbocycles. The first-order valence-electron chi connectivity index (χ1n) is 5.83. The molecule has 2 rings (SSSR count). The third-order valence-corrected chi connectivity index (χ3v) is 2.70. The van der Waals surface area contributed by atoms with Crippen LogP contribution in [0.15, 0.2) is 23.4 Å². The predicted molar refractivity (Wildman–Crippen MR) is 65.2 cm³/mol. The van der Waals surface area contributed by atoms with Crippen molar-refractivity contribution in [2.24, 2.45) is 5.16 Å². The van der Waals surface area contributed by atoms with Gasteiger partial charge in [-0.15, -0.1) is 0 Å². The van der Waals surface area contributed by atoms with Gasteiger partial charge in [0.05, 0.1) is 12.7 Å². The van der Waals surface area contributed by atoms with Crippen molar-refractivity contribution in [3.05, 3.63) is 23.8 Å². The number of nitriles is 1. The maximum atomic E-state index is 8.76. The number of nitrogens with zero attached hydrogens (tertiary/aromatic N) is 2. The maximum Gasteiger partial charge on any atom is 0.134 e. The van der Waals surface area contributed by atoms with E-state index in [1.807, 2.05) is 12.1 Å². The van der Waals surface area contributed by atoms with Gasteiger partial charge in [-0.2, -0.15) is 5.26 Å². The number of ether oxygens (including phenoxy) is 2. The molecular weight excluding hydrogens is 232 g/mol. The zero-order valence-corrected chi connectivity index (χ0v) is 9.93. The minimum atomic E-state index is 0.289. The lowest BCUT2D eigenvalue weighted by molar-refractivity contribution is 0.304. The molecule has 1 aliphatic rings. The average molecular weight is 246 g/mol. The van der Waals surface area contributed by atoms with Crippen LogP contribution >= 0.6 is 0 Å². The van der Waals surface area contributed by atoms with E-state index in [4.69, 9.17) is 19.9 Å². The fraction of sp³-hybridized carbons (Fsp3) is 0.385. The molecule has 0 radical (unpaired) electrons. The largest absolute Gasteiger partial charge is 0.493 e. The Morgan fingerprint density at radius 1 is 1.44 bits per heavy atom. The van der Waals surface area contributed by atoms with Crippen LogP contribution < -0.4 is 9.47 Å². The van der Waals surface area contributed by atoms with E-state index >= 15 is 0 Å². The van der Waals surface area contributed by atoms with Gasteiger partial charge in [0.15, 0.2) is 0 Å². The molecule has 0 aliphatic carbocycles. The van der Waals surface area contributed by atoms with Crippen molar-refractivity contribution in [2.45, 2.75) is 19.3 Å². The number of hydrogen-bond donors (Lipinski definition) is 1. The second-order valence-corrected chi connectivity index (χ2v) is 3.96. The highest BCUT2D eigenvalue weighted by Crippen LogP contribution is 2.29. The van der Waals surface area contributed by atoms with Crippen molar-refractivity contribution < 1.29 is 14.7 Å². The number of rotatable bonds is 5. The van der Waals surface area contributed by atoms with E-state index < -0.39 is 0 Å². The third kappa shape index (κ3) is 2.72. The molecule has 0 bridgehead atoms. The topological polar surface area (TPSA) is 74.8 Å². The van der Waals surface area contributed by atoms with Crippen LogP contribution in [0.1, 0.15) is 24.8 Å². The lowest BCUT2D eigenvalue weighted by Crippen LogP contribution is -2.01. The van der Waals surface area contributed by atoms with Gasteiger partial charge in [-0.25, -0.2) is 0 Å². The van der Waals surface area contributed by atoms with Gasteiger partial charge in [-0.1, -0.05) is 5.16 Å². The summed E-state index contributed by atoms with van der Waals surface area (Å²) in [4.78, 5) is 0. The molecule has 0 saturated heterocycles. The Morgan fingerprint density at radius 2 is 2.33 bits per heavy atom. The molecule has 0 aromatic heterocycles. The second kappa shape index (κ2) is 5.92. The summed E-state index contributed by atoms with van der Waals surface area (Å²) in [5, 5.41) is 20.3. The molecule has 5 heteroatoms. The molecule has 0 fully saturated rings. The van der Waals surface area contributed by atoms with Crippen molar-refractivity contribution in [2.75, 3.05) is 13.2 Å². The molecule has 1 aromatic rings. The number of benzene rings is 1. The Kier molecular flexibility index (Phi) is 4.02. The molecule has 1 aromatic carbocycles. The third-order valence-electron chi connectivity index (χ3n) is 2.70. The lowest BCUT2D eigenvalue weighted by Gasteiger charge is -2.06. The zero-order chi connectivity index (χ0) is 12.8. The van der Waals surface area contributed by atoms with E-state index in [-0.39, 0.29) is 6.61 Å². The number of oxime groups is 1. The van der Waals surface area contributed by atoms with Crippen LogP contribution in [-0.2, 0) is 0 Å². The number of fused-ring (bicyclic) bond motifs is 1. The van der Waals surface area contributed by atoms with E-state index in [2.05, 4.69) is 11.2 Å². The summed E-state index contributed by atoms with van der Waals surface area (Å²) < 4.78 is 10.9. The monoisotopic (exact) mass is 246 g/mol. The normalized spacial score (nSPS) is 14.9. The molecule has 5 nitrogen and oxygen atoms in total. The summed E-state index contributed by atoms with van der Waals surface area (Å²) in [5.41, 5.74) is 1.33. The Balaban J connectivity index is 1.91.